The summed E-state index contributed by atoms with van der Waals surface area (Å²) >= 11 is 0. The highest BCUT2D eigenvalue weighted by molar-refractivity contribution is 8.70. The lowest BCUT2D eigenvalue weighted by atomic mass is 10.3. The van der Waals surface area contributed by atoms with Gasteiger partial charge in [0.25, 0.3) is 0 Å². The highest BCUT2D eigenvalue weighted by atomic mass is 33.1. The quantitative estimate of drug-likeness (QED) is 0.247. The van der Waals surface area contributed by atoms with Crippen molar-refractivity contribution in [3.8, 4) is 5.75 Å². The molecule has 0 bridgehead atoms. The summed E-state index contributed by atoms with van der Waals surface area (Å²) in [6.07, 6.45) is 0.673. The summed E-state index contributed by atoms with van der Waals surface area (Å²) in [5.74, 6) is 0.932. The molecule has 8 heteroatoms. The van der Waals surface area contributed by atoms with Crippen LogP contribution in [0.1, 0.15) is 6.42 Å². The lowest BCUT2D eigenvalue weighted by Crippen LogP contribution is -2.17. The van der Waals surface area contributed by atoms with Crippen LogP contribution in [0.2, 0.25) is 0 Å². The minimum atomic E-state index is -4.06. The van der Waals surface area contributed by atoms with Gasteiger partial charge in [0.15, 0.2) is 0 Å². The van der Waals surface area contributed by atoms with Crippen LogP contribution in [0.4, 0.5) is 0 Å². The zero-order valence-corrected chi connectivity index (χ0v) is 11.9. The molecule has 0 spiro atoms. The van der Waals surface area contributed by atoms with Crippen LogP contribution in [0.5, 0.6) is 5.75 Å². The van der Waals surface area contributed by atoms with Gasteiger partial charge in [0.1, 0.15) is 11.6 Å². The number of benzene rings is 1. The topological polar surface area (TPSA) is 102 Å². The summed E-state index contributed by atoms with van der Waals surface area (Å²) in [7, 11) is -3.72. The van der Waals surface area contributed by atoms with Crippen molar-refractivity contribution in [3.05, 3.63) is 30.3 Å². The van der Waals surface area contributed by atoms with Gasteiger partial charge < -0.3 is 10.5 Å². The lowest BCUT2D eigenvalue weighted by molar-refractivity contribution is 0.313. The molecule has 0 amide bonds. The van der Waals surface area contributed by atoms with Gasteiger partial charge in [-0.15, -0.1) is 0 Å². The van der Waals surface area contributed by atoms with Gasteiger partial charge in [-0.25, -0.2) is 0 Å². The molecule has 106 valence electrons. The maximum absolute atomic E-state index is 10.5. The van der Waals surface area contributed by atoms with E-state index in [0.29, 0.717) is 30.4 Å². The Morgan fingerprint density at radius 2 is 2.05 bits per heavy atom. The average molecular weight is 304 g/mol. The number of amidine groups is 1. The van der Waals surface area contributed by atoms with Crippen LogP contribution in [0, 0.1) is 0 Å². The van der Waals surface area contributed by atoms with Crippen molar-refractivity contribution in [2.75, 3.05) is 18.9 Å². The van der Waals surface area contributed by atoms with E-state index < -0.39 is 9.15 Å². The molecule has 6 nitrogen and oxygen atoms in total. The van der Waals surface area contributed by atoms with Gasteiger partial charge in [-0.1, -0.05) is 18.2 Å². The number of ether oxygens (including phenoxy) is 1. The Bertz CT molecular complexity index is 503. The van der Waals surface area contributed by atoms with Crippen LogP contribution < -0.4 is 10.5 Å². The molecule has 0 atom stereocenters. The number of hydrogen-bond acceptors (Lipinski definition) is 5. The molecule has 0 aliphatic rings. The molecule has 0 aliphatic heterocycles. The largest absolute Gasteiger partial charge is 0.494 e. The van der Waals surface area contributed by atoms with Gasteiger partial charge in [-0.2, -0.15) is 8.42 Å². The van der Waals surface area contributed by atoms with E-state index in [-0.39, 0.29) is 11.6 Å². The Kier molecular flexibility index (Phi) is 6.68. The first kappa shape index (κ1) is 15.8. The molecule has 1 aromatic carbocycles. The summed E-state index contributed by atoms with van der Waals surface area (Å²) in [6.45, 7) is 0.955. The van der Waals surface area contributed by atoms with Crippen molar-refractivity contribution >= 4 is 25.8 Å². The Balaban J connectivity index is 2.16. The predicted octanol–water partition coefficient (Wildman–Crippen LogP) is 1.35. The summed E-state index contributed by atoms with van der Waals surface area (Å²) in [4.78, 5) is 3.98. The van der Waals surface area contributed by atoms with Gasteiger partial charge in [-0.05, 0) is 12.1 Å². The summed E-state index contributed by atoms with van der Waals surface area (Å²) in [5.41, 5.74) is 5.49. The van der Waals surface area contributed by atoms with Crippen molar-refractivity contribution in [1.29, 1.82) is 0 Å². The van der Waals surface area contributed by atoms with E-state index in [4.69, 9.17) is 15.0 Å². The molecular formula is C11H16N2O4S2. The third-order valence-corrected chi connectivity index (χ3v) is 3.94. The SMILES string of the molecule is NC(CSS(=O)(=O)O)=NCCCOc1ccccc1. The molecule has 0 aliphatic carbocycles. The second kappa shape index (κ2) is 8.03. The molecule has 0 aromatic heterocycles. The fourth-order valence-electron chi connectivity index (χ4n) is 1.17. The summed E-state index contributed by atoms with van der Waals surface area (Å²) in [5, 5.41) is 0. The number of rotatable bonds is 8. The third-order valence-electron chi connectivity index (χ3n) is 1.99. The summed E-state index contributed by atoms with van der Waals surface area (Å²) in [6, 6.07) is 9.40. The standard InChI is InChI=1S/C11H16N2O4S2/c12-11(9-18-19(14,15)16)13-7-4-8-17-10-5-2-1-3-6-10/h1-3,5-6H,4,7-9H2,(H2,12,13)(H,14,15,16). The highest BCUT2D eigenvalue weighted by Crippen LogP contribution is 2.09. The van der Waals surface area contributed by atoms with Crippen LogP contribution in [0.15, 0.2) is 35.3 Å². The van der Waals surface area contributed by atoms with Crippen LogP contribution in [0.25, 0.3) is 0 Å². The fourth-order valence-corrected chi connectivity index (χ4v) is 2.34. The van der Waals surface area contributed by atoms with Crippen LogP contribution in [0.3, 0.4) is 0 Å². The van der Waals surface area contributed by atoms with Crippen LogP contribution in [-0.2, 0) is 9.15 Å². The molecule has 1 rings (SSSR count). The first-order valence-electron chi connectivity index (χ1n) is 5.56. The van der Waals surface area contributed by atoms with Gasteiger partial charge >= 0.3 is 9.15 Å². The second-order valence-corrected chi connectivity index (χ2v) is 6.93. The van der Waals surface area contributed by atoms with E-state index in [9.17, 15) is 8.42 Å². The molecule has 3 N–H and O–H groups in total. The van der Waals surface area contributed by atoms with E-state index in [1.165, 1.54) is 0 Å². The number of aliphatic imine (C=N–C) groups is 1. The first-order chi connectivity index (χ1) is 8.97. The van der Waals surface area contributed by atoms with E-state index in [1.54, 1.807) is 0 Å². The Morgan fingerprint density at radius 3 is 2.68 bits per heavy atom. The molecule has 0 saturated heterocycles. The van der Waals surface area contributed by atoms with Gasteiger partial charge in [0.05, 0.1) is 12.4 Å². The van der Waals surface area contributed by atoms with Crippen molar-refractivity contribution in [3.63, 3.8) is 0 Å². The van der Waals surface area contributed by atoms with Crippen molar-refractivity contribution < 1.29 is 17.7 Å². The Morgan fingerprint density at radius 1 is 1.37 bits per heavy atom. The minimum absolute atomic E-state index is 0.0433. The lowest BCUT2D eigenvalue weighted by Gasteiger charge is -2.04. The smallest absolute Gasteiger partial charge is 0.320 e. The monoisotopic (exact) mass is 304 g/mol. The summed E-state index contributed by atoms with van der Waals surface area (Å²) < 4.78 is 34.9. The van der Waals surface area contributed by atoms with E-state index in [1.807, 2.05) is 30.3 Å². The second-order valence-electron chi connectivity index (χ2n) is 3.58. The number of para-hydroxylation sites is 1. The van der Waals surface area contributed by atoms with E-state index >= 15 is 0 Å². The molecule has 19 heavy (non-hydrogen) atoms. The third kappa shape index (κ3) is 8.46. The van der Waals surface area contributed by atoms with Crippen molar-refractivity contribution in [2.24, 2.45) is 10.7 Å². The number of nitrogens with two attached hydrogens (primary N) is 1. The van der Waals surface area contributed by atoms with E-state index in [2.05, 4.69) is 4.99 Å². The van der Waals surface area contributed by atoms with E-state index in [0.717, 1.165) is 5.75 Å². The Hall–Kier alpha value is -1.25. The maximum Gasteiger partial charge on any atom is 0.320 e. The predicted molar refractivity (Wildman–Crippen MR) is 77.1 cm³/mol. The van der Waals surface area contributed by atoms with Crippen molar-refractivity contribution in [2.45, 2.75) is 6.42 Å². The number of nitrogens with zero attached hydrogens (tertiary/aromatic N) is 1. The average Bonchev–Trinajstić information content (AvgIpc) is 2.36. The fraction of sp³-hybridized carbons (Fsp3) is 0.364. The first-order valence-corrected chi connectivity index (χ1v) is 8.50. The van der Waals surface area contributed by atoms with Crippen LogP contribution >= 0.6 is 10.8 Å². The maximum atomic E-state index is 10.5. The highest BCUT2D eigenvalue weighted by Gasteiger charge is 2.06. The van der Waals surface area contributed by atoms with Crippen molar-refractivity contribution in [1.82, 2.24) is 0 Å². The van der Waals surface area contributed by atoms with Gasteiger partial charge in [0, 0.05) is 23.8 Å². The molecule has 0 radical (unpaired) electrons. The number of hydrogen-bond donors (Lipinski definition) is 2. The Labute approximate surface area is 116 Å². The zero-order valence-electron chi connectivity index (χ0n) is 10.2. The molecular weight excluding hydrogens is 288 g/mol. The molecule has 0 saturated carbocycles. The van der Waals surface area contributed by atoms with Gasteiger partial charge in [-0.3, -0.25) is 9.55 Å². The molecule has 0 fully saturated rings. The zero-order chi connectivity index (χ0) is 14.1. The minimum Gasteiger partial charge on any atom is -0.494 e. The molecule has 0 heterocycles. The normalized spacial score (nSPS) is 12.4. The van der Waals surface area contributed by atoms with Gasteiger partial charge in [0.2, 0.25) is 0 Å². The van der Waals surface area contributed by atoms with Crippen LogP contribution in [-0.4, -0.2) is 37.7 Å². The molecule has 0 unspecified atom stereocenters. The molecule has 1 aromatic rings.